The molecule has 1 N–H and O–H groups in total. The lowest BCUT2D eigenvalue weighted by Crippen LogP contribution is -2.29. The molecule has 38 heavy (non-hydrogen) atoms. The van der Waals surface area contributed by atoms with E-state index in [9.17, 15) is 14.7 Å². The number of ether oxygens (including phenoxy) is 2. The van der Waals surface area contributed by atoms with Gasteiger partial charge in [0.1, 0.15) is 23.4 Å². The highest BCUT2D eigenvalue weighted by Gasteiger charge is 2.46. The number of amides is 1. The number of hydrogen-bond acceptors (Lipinski definition) is 6. The van der Waals surface area contributed by atoms with Gasteiger partial charge in [-0.05, 0) is 78.4 Å². The number of aliphatic hydroxyl groups excluding tert-OH is 1. The third-order valence-corrected chi connectivity index (χ3v) is 6.95. The van der Waals surface area contributed by atoms with E-state index in [-0.39, 0.29) is 24.0 Å². The molecule has 2 atom stereocenters. The Morgan fingerprint density at radius 2 is 1.92 bits per heavy atom. The Kier molecular flexibility index (Phi) is 7.18. The van der Waals surface area contributed by atoms with Crippen LogP contribution in [0.2, 0.25) is 0 Å². The minimum atomic E-state index is -0.778. The Morgan fingerprint density at radius 1 is 1.13 bits per heavy atom. The van der Waals surface area contributed by atoms with E-state index in [4.69, 9.17) is 9.47 Å². The predicted molar refractivity (Wildman–Crippen MR) is 144 cm³/mol. The van der Waals surface area contributed by atoms with E-state index in [1.807, 2.05) is 49.4 Å². The van der Waals surface area contributed by atoms with Crippen LogP contribution in [0.25, 0.3) is 5.76 Å². The molecule has 0 aliphatic carbocycles. The Labute approximate surface area is 222 Å². The van der Waals surface area contributed by atoms with Gasteiger partial charge in [0.15, 0.2) is 0 Å². The molecule has 7 nitrogen and oxygen atoms in total. The average Bonchev–Trinajstić information content (AvgIpc) is 3.40. The van der Waals surface area contributed by atoms with Gasteiger partial charge in [-0.15, -0.1) is 0 Å². The van der Waals surface area contributed by atoms with Gasteiger partial charge in [0, 0.05) is 30.9 Å². The van der Waals surface area contributed by atoms with Crippen LogP contribution in [0.3, 0.4) is 0 Å². The smallest absolute Gasteiger partial charge is 0.295 e. The third-order valence-electron chi connectivity index (χ3n) is 6.95. The normalized spacial score (nSPS) is 20.1. The van der Waals surface area contributed by atoms with Crippen molar-refractivity contribution in [2.75, 3.05) is 6.61 Å². The quantitative estimate of drug-likeness (QED) is 0.245. The molecule has 2 aromatic carbocycles. The number of nitrogens with zero attached hydrogens (tertiary/aromatic N) is 2. The number of carbonyl (C=O) groups is 2. The number of likely N-dealkylation sites (tertiary alicyclic amines) is 1. The number of ketones is 1. The van der Waals surface area contributed by atoms with Crippen LogP contribution in [0.15, 0.2) is 72.6 Å². The van der Waals surface area contributed by atoms with Crippen molar-refractivity contribution in [1.82, 2.24) is 9.88 Å². The van der Waals surface area contributed by atoms with E-state index < -0.39 is 17.7 Å². The second-order valence-corrected chi connectivity index (χ2v) is 10.3. The lowest BCUT2D eigenvalue weighted by Gasteiger charge is -2.26. The Balaban J connectivity index is 1.57. The van der Waals surface area contributed by atoms with E-state index in [0.29, 0.717) is 35.8 Å². The molecule has 196 valence electrons. The van der Waals surface area contributed by atoms with Crippen LogP contribution in [-0.2, 0) is 22.6 Å². The highest BCUT2D eigenvalue weighted by Crippen LogP contribution is 2.42. The number of rotatable bonds is 8. The van der Waals surface area contributed by atoms with E-state index in [2.05, 4.69) is 18.8 Å². The van der Waals surface area contributed by atoms with Crippen molar-refractivity contribution in [3.63, 3.8) is 0 Å². The second-order valence-electron chi connectivity index (χ2n) is 10.3. The molecule has 3 heterocycles. The first-order chi connectivity index (χ1) is 18.3. The Morgan fingerprint density at radius 3 is 2.68 bits per heavy atom. The van der Waals surface area contributed by atoms with E-state index in [1.165, 1.54) is 4.90 Å². The number of aliphatic hydroxyl groups is 1. The molecule has 0 radical (unpaired) electrons. The SMILES string of the molecule is CC(C)CCOc1cccc(C2/C(=C(\O)c3ccc4c(c3)CC(C)O4)C(=O)C(=O)N2Cc2ccncc2)c1. The van der Waals surface area contributed by atoms with Crippen LogP contribution in [-0.4, -0.2) is 39.4 Å². The molecular weight excluding hydrogens is 480 g/mol. The van der Waals surface area contributed by atoms with Crippen LogP contribution < -0.4 is 9.47 Å². The summed E-state index contributed by atoms with van der Waals surface area (Å²) in [4.78, 5) is 32.4. The fourth-order valence-electron chi connectivity index (χ4n) is 4.99. The van der Waals surface area contributed by atoms with E-state index in [1.54, 1.807) is 24.5 Å². The highest BCUT2D eigenvalue weighted by molar-refractivity contribution is 6.46. The molecule has 1 amide bonds. The monoisotopic (exact) mass is 512 g/mol. The summed E-state index contributed by atoms with van der Waals surface area (Å²) < 4.78 is 11.8. The summed E-state index contributed by atoms with van der Waals surface area (Å²) in [6.45, 7) is 7.02. The van der Waals surface area contributed by atoms with Crippen molar-refractivity contribution < 1.29 is 24.2 Å². The van der Waals surface area contributed by atoms with Crippen molar-refractivity contribution in [1.29, 1.82) is 0 Å². The van der Waals surface area contributed by atoms with Crippen molar-refractivity contribution in [2.45, 2.75) is 52.3 Å². The zero-order valence-corrected chi connectivity index (χ0v) is 21.9. The number of carbonyl (C=O) groups excluding carboxylic acids is 2. The molecule has 2 unspecified atom stereocenters. The molecule has 5 rings (SSSR count). The molecule has 2 aliphatic heterocycles. The number of pyridine rings is 1. The van der Waals surface area contributed by atoms with E-state index >= 15 is 0 Å². The zero-order valence-electron chi connectivity index (χ0n) is 21.9. The number of aromatic nitrogens is 1. The first-order valence-electron chi connectivity index (χ1n) is 13.0. The summed E-state index contributed by atoms with van der Waals surface area (Å²) in [6, 6.07) is 15.6. The van der Waals surface area contributed by atoms with Gasteiger partial charge in [0.2, 0.25) is 0 Å². The average molecular weight is 513 g/mol. The first kappa shape index (κ1) is 25.5. The molecule has 2 aliphatic rings. The summed E-state index contributed by atoms with van der Waals surface area (Å²) in [5.74, 6) is 0.372. The van der Waals surface area contributed by atoms with Crippen LogP contribution in [0.5, 0.6) is 11.5 Å². The molecule has 1 fully saturated rings. The van der Waals surface area contributed by atoms with Gasteiger partial charge in [0.05, 0.1) is 18.2 Å². The molecule has 0 saturated carbocycles. The highest BCUT2D eigenvalue weighted by atomic mass is 16.5. The molecule has 0 bridgehead atoms. The lowest BCUT2D eigenvalue weighted by atomic mass is 9.94. The summed E-state index contributed by atoms with van der Waals surface area (Å²) in [5, 5.41) is 11.5. The van der Waals surface area contributed by atoms with Gasteiger partial charge >= 0.3 is 0 Å². The fourth-order valence-corrected chi connectivity index (χ4v) is 4.99. The third kappa shape index (κ3) is 5.14. The maximum atomic E-state index is 13.4. The van der Waals surface area contributed by atoms with Crippen LogP contribution >= 0.6 is 0 Å². The fraction of sp³-hybridized carbons (Fsp3) is 0.323. The number of Topliss-reactive ketones (excluding diaryl/α,β-unsaturated/α-hetero) is 1. The molecule has 3 aromatic rings. The minimum absolute atomic E-state index is 0.0479. The summed E-state index contributed by atoms with van der Waals surface area (Å²) in [6.07, 6.45) is 4.97. The predicted octanol–water partition coefficient (Wildman–Crippen LogP) is 5.45. The topological polar surface area (TPSA) is 89.0 Å². The van der Waals surface area contributed by atoms with Crippen LogP contribution in [0.4, 0.5) is 0 Å². The largest absolute Gasteiger partial charge is 0.507 e. The van der Waals surface area contributed by atoms with Crippen LogP contribution in [0.1, 0.15) is 55.5 Å². The molecule has 7 heteroatoms. The van der Waals surface area contributed by atoms with Gasteiger partial charge < -0.3 is 19.5 Å². The standard InChI is InChI=1S/C31H32N2O5/c1-19(2)11-14-37-25-6-4-5-22(17-25)28-27(29(34)23-7-8-26-24(16-23)15-20(3)38-26)30(35)31(36)33(28)18-21-9-12-32-13-10-21/h4-10,12-13,16-17,19-20,28,34H,11,14-15,18H2,1-3H3/b29-27+. The molecular formula is C31H32N2O5. The Hall–Kier alpha value is -4.13. The van der Waals surface area contributed by atoms with Gasteiger partial charge in [-0.3, -0.25) is 14.6 Å². The van der Waals surface area contributed by atoms with Gasteiger partial charge in [0.25, 0.3) is 11.7 Å². The van der Waals surface area contributed by atoms with Gasteiger partial charge in [-0.25, -0.2) is 0 Å². The number of hydrogen-bond donors (Lipinski definition) is 1. The molecule has 1 aromatic heterocycles. The second kappa shape index (κ2) is 10.7. The Bertz CT molecular complexity index is 1380. The van der Waals surface area contributed by atoms with Crippen molar-refractivity contribution in [2.24, 2.45) is 5.92 Å². The van der Waals surface area contributed by atoms with Crippen molar-refractivity contribution in [3.8, 4) is 11.5 Å². The van der Waals surface area contributed by atoms with Crippen LogP contribution in [0, 0.1) is 5.92 Å². The molecule has 0 spiro atoms. The van der Waals surface area contributed by atoms with Gasteiger partial charge in [-0.2, -0.15) is 0 Å². The maximum absolute atomic E-state index is 13.4. The maximum Gasteiger partial charge on any atom is 0.295 e. The zero-order chi connectivity index (χ0) is 26.8. The molecule has 1 saturated heterocycles. The van der Waals surface area contributed by atoms with E-state index in [0.717, 1.165) is 23.3 Å². The summed E-state index contributed by atoms with van der Waals surface area (Å²) in [5.41, 5.74) is 3.04. The summed E-state index contributed by atoms with van der Waals surface area (Å²) >= 11 is 0. The minimum Gasteiger partial charge on any atom is -0.507 e. The lowest BCUT2D eigenvalue weighted by molar-refractivity contribution is -0.140. The summed E-state index contributed by atoms with van der Waals surface area (Å²) in [7, 11) is 0. The number of benzene rings is 2. The van der Waals surface area contributed by atoms with Crippen molar-refractivity contribution >= 4 is 17.4 Å². The first-order valence-corrected chi connectivity index (χ1v) is 13.0. The van der Waals surface area contributed by atoms with Crippen molar-refractivity contribution in [3.05, 3.63) is 94.8 Å². The number of fused-ring (bicyclic) bond motifs is 1. The van der Waals surface area contributed by atoms with Gasteiger partial charge in [-0.1, -0.05) is 26.0 Å².